The Bertz CT molecular complexity index is 531. The molecule has 0 atom stereocenters. The van der Waals surface area contributed by atoms with Crippen molar-refractivity contribution in [3.8, 4) is 5.75 Å². The maximum Gasteiger partial charge on any atom is 0.126 e. The number of halogens is 3. The maximum atomic E-state index is 12.9. The molecule has 88 valence electrons. The number of rotatable bonds is 3. The van der Waals surface area contributed by atoms with Gasteiger partial charge < -0.3 is 4.74 Å². The average Bonchev–Trinajstić information content (AvgIpc) is 2.31. The highest BCUT2D eigenvalue weighted by Gasteiger charge is 2.01. The summed E-state index contributed by atoms with van der Waals surface area (Å²) in [5.74, 6) is 0.204. The summed E-state index contributed by atoms with van der Waals surface area (Å²) < 4.78 is 19.2. The first-order valence-electron chi connectivity index (χ1n) is 4.97. The van der Waals surface area contributed by atoms with E-state index in [0.717, 1.165) is 10.0 Å². The van der Waals surface area contributed by atoms with Crippen LogP contribution in [0, 0.1) is 5.82 Å². The van der Waals surface area contributed by atoms with Gasteiger partial charge in [0.05, 0.1) is 5.02 Å². The molecule has 0 aromatic heterocycles. The van der Waals surface area contributed by atoms with Gasteiger partial charge in [-0.1, -0.05) is 23.7 Å². The van der Waals surface area contributed by atoms with Crippen LogP contribution in [0.4, 0.5) is 4.39 Å². The molecule has 0 fully saturated rings. The predicted octanol–water partition coefficient (Wildman–Crippen LogP) is 4.82. The lowest BCUT2D eigenvalue weighted by Crippen LogP contribution is -1.95. The fourth-order valence-corrected chi connectivity index (χ4v) is 1.90. The first-order valence-corrected chi connectivity index (χ1v) is 6.14. The van der Waals surface area contributed by atoms with E-state index in [-0.39, 0.29) is 5.82 Å². The van der Waals surface area contributed by atoms with Crippen molar-refractivity contribution in [2.75, 3.05) is 0 Å². The monoisotopic (exact) mass is 314 g/mol. The van der Waals surface area contributed by atoms with E-state index in [4.69, 9.17) is 16.3 Å². The lowest BCUT2D eigenvalue weighted by molar-refractivity contribution is 0.304. The molecule has 0 radical (unpaired) electrons. The normalized spacial score (nSPS) is 10.3. The average molecular weight is 316 g/mol. The third-order valence-corrected chi connectivity index (χ3v) is 3.40. The van der Waals surface area contributed by atoms with Crippen LogP contribution >= 0.6 is 27.5 Å². The van der Waals surface area contributed by atoms with Crippen molar-refractivity contribution < 1.29 is 9.13 Å². The van der Waals surface area contributed by atoms with E-state index in [1.807, 2.05) is 12.1 Å². The van der Waals surface area contributed by atoms with Gasteiger partial charge in [-0.3, -0.25) is 0 Å². The van der Waals surface area contributed by atoms with Gasteiger partial charge in [0.15, 0.2) is 0 Å². The van der Waals surface area contributed by atoms with E-state index in [1.165, 1.54) is 12.1 Å². The summed E-state index contributed by atoms with van der Waals surface area (Å²) in [5.41, 5.74) is 0.963. The molecule has 4 heteroatoms. The zero-order chi connectivity index (χ0) is 12.3. The van der Waals surface area contributed by atoms with Crippen LogP contribution in [0.15, 0.2) is 46.9 Å². The molecular weight excluding hydrogens is 306 g/mol. The molecule has 2 aromatic carbocycles. The molecule has 0 saturated carbocycles. The Balaban J connectivity index is 2.05. The summed E-state index contributed by atoms with van der Waals surface area (Å²) in [6.45, 7) is 0.374. The Morgan fingerprint density at radius 1 is 1.18 bits per heavy atom. The molecular formula is C13H9BrClFO. The highest BCUT2D eigenvalue weighted by atomic mass is 79.9. The van der Waals surface area contributed by atoms with Crippen molar-refractivity contribution in [3.63, 3.8) is 0 Å². The highest BCUT2D eigenvalue weighted by Crippen LogP contribution is 2.24. The lowest BCUT2D eigenvalue weighted by Gasteiger charge is -2.07. The molecule has 0 amide bonds. The van der Waals surface area contributed by atoms with Gasteiger partial charge in [0.25, 0.3) is 0 Å². The van der Waals surface area contributed by atoms with Crippen molar-refractivity contribution in [2.24, 2.45) is 0 Å². The van der Waals surface area contributed by atoms with Crippen molar-refractivity contribution in [3.05, 3.63) is 63.3 Å². The van der Waals surface area contributed by atoms with E-state index in [9.17, 15) is 4.39 Å². The van der Waals surface area contributed by atoms with E-state index < -0.39 is 0 Å². The Morgan fingerprint density at radius 3 is 2.71 bits per heavy atom. The second kappa shape index (κ2) is 5.52. The van der Waals surface area contributed by atoms with Crippen molar-refractivity contribution in [2.45, 2.75) is 6.61 Å². The van der Waals surface area contributed by atoms with Gasteiger partial charge in [0.2, 0.25) is 0 Å². The Labute approximate surface area is 112 Å². The van der Waals surface area contributed by atoms with Crippen LogP contribution in [0.5, 0.6) is 5.75 Å². The van der Waals surface area contributed by atoms with Gasteiger partial charge in [0.1, 0.15) is 18.2 Å². The Morgan fingerprint density at radius 2 is 2.00 bits per heavy atom. The molecule has 0 unspecified atom stereocenters. The summed E-state index contributed by atoms with van der Waals surface area (Å²) in [7, 11) is 0. The minimum absolute atomic E-state index is 0.306. The SMILES string of the molecule is Fc1cccc(OCc2ccc(Cl)c(Br)c2)c1. The van der Waals surface area contributed by atoms with Crippen molar-refractivity contribution in [1.29, 1.82) is 0 Å². The molecule has 0 aliphatic heterocycles. The van der Waals surface area contributed by atoms with Gasteiger partial charge >= 0.3 is 0 Å². The van der Waals surface area contributed by atoms with Crippen LogP contribution in [0.3, 0.4) is 0 Å². The molecule has 0 bridgehead atoms. The third kappa shape index (κ3) is 3.45. The Hall–Kier alpha value is -1.06. The second-order valence-electron chi connectivity index (χ2n) is 3.49. The first kappa shape index (κ1) is 12.4. The third-order valence-electron chi connectivity index (χ3n) is 2.19. The minimum atomic E-state index is -0.306. The number of hydrogen-bond acceptors (Lipinski definition) is 1. The van der Waals surface area contributed by atoms with E-state index in [2.05, 4.69) is 15.9 Å². The van der Waals surface area contributed by atoms with Gasteiger partial charge in [-0.15, -0.1) is 0 Å². The number of ether oxygens (including phenoxy) is 1. The van der Waals surface area contributed by atoms with Crippen LogP contribution in [0.25, 0.3) is 0 Å². The fraction of sp³-hybridized carbons (Fsp3) is 0.0769. The molecule has 0 aliphatic rings. The fourth-order valence-electron chi connectivity index (χ4n) is 1.35. The van der Waals surface area contributed by atoms with E-state index in [0.29, 0.717) is 17.4 Å². The minimum Gasteiger partial charge on any atom is -0.489 e. The highest BCUT2D eigenvalue weighted by molar-refractivity contribution is 9.10. The van der Waals surface area contributed by atoms with Crippen LogP contribution in [-0.4, -0.2) is 0 Å². The van der Waals surface area contributed by atoms with Crippen LogP contribution < -0.4 is 4.74 Å². The molecule has 2 rings (SSSR count). The van der Waals surface area contributed by atoms with Crippen LogP contribution in [0.2, 0.25) is 5.02 Å². The van der Waals surface area contributed by atoms with Gasteiger partial charge in [-0.05, 0) is 45.8 Å². The largest absolute Gasteiger partial charge is 0.489 e. The predicted molar refractivity (Wildman–Crippen MR) is 69.9 cm³/mol. The van der Waals surface area contributed by atoms with E-state index >= 15 is 0 Å². The number of benzene rings is 2. The first-order chi connectivity index (χ1) is 8.15. The maximum absolute atomic E-state index is 12.9. The molecule has 0 aliphatic carbocycles. The second-order valence-corrected chi connectivity index (χ2v) is 4.76. The quantitative estimate of drug-likeness (QED) is 0.789. The summed E-state index contributed by atoms with van der Waals surface area (Å²) in [6.07, 6.45) is 0. The topological polar surface area (TPSA) is 9.23 Å². The summed E-state index contributed by atoms with van der Waals surface area (Å²) >= 11 is 9.22. The summed E-state index contributed by atoms with van der Waals surface area (Å²) in [6, 6.07) is 11.6. The summed E-state index contributed by atoms with van der Waals surface area (Å²) in [5, 5.41) is 0.652. The number of hydrogen-bond donors (Lipinski definition) is 0. The van der Waals surface area contributed by atoms with Crippen molar-refractivity contribution in [1.82, 2.24) is 0 Å². The molecule has 0 N–H and O–H groups in total. The molecule has 0 saturated heterocycles. The van der Waals surface area contributed by atoms with Crippen molar-refractivity contribution >= 4 is 27.5 Å². The molecule has 0 heterocycles. The van der Waals surface area contributed by atoms with Crippen LogP contribution in [0.1, 0.15) is 5.56 Å². The Kier molecular flexibility index (Phi) is 4.02. The molecule has 2 aromatic rings. The summed E-state index contributed by atoms with van der Waals surface area (Å²) in [4.78, 5) is 0. The van der Waals surface area contributed by atoms with Gasteiger partial charge in [-0.25, -0.2) is 4.39 Å². The lowest BCUT2D eigenvalue weighted by atomic mass is 10.2. The van der Waals surface area contributed by atoms with Gasteiger partial charge in [-0.2, -0.15) is 0 Å². The smallest absolute Gasteiger partial charge is 0.126 e. The standard InChI is InChI=1S/C13H9BrClFO/c14-12-6-9(4-5-13(12)15)8-17-11-3-1-2-10(16)7-11/h1-7H,8H2. The molecule has 0 spiro atoms. The molecule has 17 heavy (non-hydrogen) atoms. The van der Waals surface area contributed by atoms with Gasteiger partial charge in [0, 0.05) is 10.5 Å². The molecule has 1 nitrogen and oxygen atoms in total. The van der Waals surface area contributed by atoms with Crippen LogP contribution in [-0.2, 0) is 6.61 Å². The zero-order valence-corrected chi connectivity index (χ0v) is 11.1. The van der Waals surface area contributed by atoms with E-state index in [1.54, 1.807) is 18.2 Å². The zero-order valence-electron chi connectivity index (χ0n) is 8.79.